The first-order valence-electron chi connectivity index (χ1n) is 5.66. The van der Waals surface area contributed by atoms with Crippen molar-refractivity contribution in [3.05, 3.63) is 0 Å². The largest absolute Gasteiger partial charge is 0.336 e. The lowest BCUT2D eigenvalue weighted by Crippen LogP contribution is -2.46. The molecule has 0 aromatic heterocycles. The average molecular weight is 207 g/mol. The van der Waals surface area contributed by atoms with E-state index in [0.717, 1.165) is 25.8 Å². The Morgan fingerprint density at radius 1 is 1.53 bits per heavy atom. The molecule has 1 aliphatic heterocycles. The molecule has 2 rings (SSSR count). The summed E-state index contributed by atoms with van der Waals surface area (Å²) in [7, 11) is 0. The van der Waals surface area contributed by atoms with Crippen LogP contribution in [0.5, 0.6) is 0 Å². The minimum absolute atomic E-state index is 0.129. The topological polar surface area (TPSA) is 56.1 Å². The number of nitrogens with zero attached hydrogens (tertiary/aromatic N) is 2. The zero-order valence-electron chi connectivity index (χ0n) is 9.07. The third-order valence-electron chi connectivity index (χ3n) is 3.22. The lowest BCUT2D eigenvalue weighted by Gasteiger charge is -2.28. The molecule has 2 fully saturated rings. The number of hydrogen-bond donors (Lipinski definition) is 1. The highest BCUT2D eigenvalue weighted by Gasteiger charge is 2.39. The molecular weight excluding hydrogens is 190 g/mol. The fourth-order valence-corrected chi connectivity index (χ4v) is 2.23. The van der Waals surface area contributed by atoms with E-state index in [9.17, 15) is 4.79 Å². The molecule has 0 aromatic rings. The van der Waals surface area contributed by atoms with E-state index in [1.165, 1.54) is 0 Å². The van der Waals surface area contributed by atoms with E-state index >= 15 is 0 Å². The molecule has 2 unspecified atom stereocenters. The van der Waals surface area contributed by atoms with Crippen molar-refractivity contribution >= 4 is 5.91 Å². The van der Waals surface area contributed by atoms with Gasteiger partial charge in [-0.05, 0) is 32.7 Å². The number of nitriles is 1. The van der Waals surface area contributed by atoms with Gasteiger partial charge in [0, 0.05) is 12.1 Å². The molecule has 1 saturated heterocycles. The van der Waals surface area contributed by atoms with Crippen LogP contribution in [0.4, 0.5) is 0 Å². The van der Waals surface area contributed by atoms with Gasteiger partial charge >= 0.3 is 0 Å². The Hall–Kier alpha value is -1.08. The van der Waals surface area contributed by atoms with Crippen molar-refractivity contribution in [2.75, 3.05) is 6.54 Å². The Labute approximate surface area is 90.2 Å². The van der Waals surface area contributed by atoms with Gasteiger partial charge in [-0.25, -0.2) is 0 Å². The quantitative estimate of drug-likeness (QED) is 0.723. The summed E-state index contributed by atoms with van der Waals surface area (Å²) in [5.41, 5.74) is 0. The van der Waals surface area contributed by atoms with Gasteiger partial charge in [-0.15, -0.1) is 0 Å². The molecule has 1 saturated carbocycles. The number of rotatable bonds is 2. The first-order valence-corrected chi connectivity index (χ1v) is 5.66. The Morgan fingerprint density at radius 2 is 2.27 bits per heavy atom. The molecule has 1 N–H and O–H groups in total. The van der Waals surface area contributed by atoms with Gasteiger partial charge in [0.1, 0.15) is 0 Å². The van der Waals surface area contributed by atoms with Gasteiger partial charge in [-0.1, -0.05) is 0 Å². The van der Waals surface area contributed by atoms with Crippen LogP contribution in [0.3, 0.4) is 0 Å². The maximum Gasteiger partial charge on any atom is 0.241 e. The van der Waals surface area contributed by atoms with Crippen molar-refractivity contribution in [3.63, 3.8) is 0 Å². The van der Waals surface area contributed by atoms with E-state index in [1.807, 2.05) is 4.90 Å². The summed E-state index contributed by atoms with van der Waals surface area (Å²) in [6.07, 6.45) is 3.55. The molecule has 4 nitrogen and oxygen atoms in total. The number of amides is 1. The maximum absolute atomic E-state index is 12.1. The van der Waals surface area contributed by atoms with Gasteiger partial charge in [-0.2, -0.15) is 5.26 Å². The first kappa shape index (κ1) is 10.4. The van der Waals surface area contributed by atoms with E-state index in [2.05, 4.69) is 18.3 Å². The van der Waals surface area contributed by atoms with Crippen LogP contribution in [0.25, 0.3) is 0 Å². The molecule has 0 spiro atoms. The van der Waals surface area contributed by atoms with Crippen molar-refractivity contribution in [1.82, 2.24) is 10.2 Å². The molecule has 82 valence electrons. The molecule has 0 bridgehead atoms. The van der Waals surface area contributed by atoms with Gasteiger partial charge in [0.25, 0.3) is 0 Å². The maximum atomic E-state index is 12.1. The summed E-state index contributed by atoms with van der Waals surface area (Å²) < 4.78 is 0. The molecule has 4 heteroatoms. The van der Waals surface area contributed by atoms with Gasteiger partial charge in [-0.3, -0.25) is 4.79 Å². The Morgan fingerprint density at radius 3 is 2.87 bits per heavy atom. The summed E-state index contributed by atoms with van der Waals surface area (Å²) in [5, 5.41) is 11.8. The van der Waals surface area contributed by atoms with E-state index in [4.69, 9.17) is 5.26 Å². The Bertz CT molecular complexity index is 293. The summed E-state index contributed by atoms with van der Waals surface area (Å²) in [4.78, 5) is 14.1. The van der Waals surface area contributed by atoms with Crippen LogP contribution >= 0.6 is 0 Å². The van der Waals surface area contributed by atoms with Crippen molar-refractivity contribution in [2.24, 2.45) is 0 Å². The molecule has 1 amide bonds. The van der Waals surface area contributed by atoms with Crippen molar-refractivity contribution < 1.29 is 4.79 Å². The zero-order valence-corrected chi connectivity index (χ0v) is 9.07. The predicted octanol–water partition coefficient (Wildman–Crippen LogP) is 0.641. The van der Waals surface area contributed by atoms with Gasteiger partial charge < -0.3 is 10.2 Å². The number of hydrogen-bond acceptors (Lipinski definition) is 3. The van der Waals surface area contributed by atoms with Gasteiger partial charge in [0.2, 0.25) is 5.91 Å². The van der Waals surface area contributed by atoms with Crippen molar-refractivity contribution in [2.45, 2.75) is 50.7 Å². The number of nitrogens with one attached hydrogen (secondary N) is 1. The average Bonchev–Trinajstić information content (AvgIpc) is 2.99. The van der Waals surface area contributed by atoms with Crippen LogP contribution in [0.2, 0.25) is 0 Å². The van der Waals surface area contributed by atoms with Crippen LogP contribution in [0, 0.1) is 11.3 Å². The SMILES string of the molecule is CC1CCNC(CC#N)C(=O)N1C1CC1. The van der Waals surface area contributed by atoms with Crippen LogP contribution in [0.1, 0.15) is 32.6 Å². The normalized spacial score (nSPS) is 32.3. The molecule has 1 aliphatic carbocycles. The summed E-state index contributed by atoms with van der Waals surface area (Å²) in [5.74, 6) is 0.129. The highest BCUT2D eigenvalue weighted by atomic mass is 16.2. The second-order valence-electron chi connectivity index (χ2n) is 4.48. The smallest absolute Gasteiger partial charge is 0.241 e. The van der Waals surface area contributed by atoms with Crippen LogP contribution in [-0.4, -0.2) is 35.5 Å². The fraction of sp³-hybridized carbons (Fsp3) is 0.818. The van der Waals surface area contributed by atoms with Crippen molar-refractivity contribution in [1.29, 1.82) is 5.26 Å². The van der Waals surface area contributed by atoms with Crippen LogP contribution in [-0.2, 0) is 4.79 Å². The predicted molar refractivity (Wildman–Crippen MR) is 56.0 cm³/mol. The second kappa shape index (κ2) is 4.19. The third kappa shape index (κ3) is 2.13. The lowest BCUT2D eigenvalue weighted by atomic mass is 10.1. The molecule has 2 aliphatic rings. The molecule has 2 atom stereocenters. The molecule has 15 heavy (non-hydrogen) atoms. The minimum atomic E-state index is -0.277. The first-order chi connectivity index (χ1) is 7.24. The van der Waals surface area contributed by atoms with E-state index in [0.29, 0.717) is 12.1 Å². The third-order valence-corrected chi connectivity index (χ3v) is 3.22. The van der Waals surface area contributed by atoms with Crippen LogP contribution < -0.4 is 5.32 Å². The monoisotopic (exact) mass is 207 g/mol. The molecule has 0 radical (unpaired) electrons. The summed E-state index contributed by atoms with van der Waals surface area (Å²) >= 11 is 0. The standard InChI is InChI=1S/C11H17N3O/c1-8-5-7-13-10(4-6-12)11(15)14(8)9-2-3-9/h8-10,13H,2-5,7H2,1H3. The summed E-state index contributed by atoms with van der Waals surface area (Å²) in [6, 6.07) is 2.58. The summed E-state index contributed by atoms with van der Waals surface area (Å²) in [6.45, 7) is 2.94. The Kier molecular flexibility index (Phi) is 2.92. The fourth-order valence-electron chi connectivity index (χ4n) is 2.23. The lowest BCUT2D eigenvalue weighted by molar-refractivity contribution is -0.135. The Balaban J connectivity index is 2.11. The van der Waals surface area contributed by atoms with Crippen molar-refractivity contribution in [3.8, 4) is 6.07 Å². The second-order valence-corrected chi connectivity index (χ2v) is 4.48. The number of carbonyl (C=O) groups excluding carboxylic acids is 1. The van der Waals surface area contributed by atoms with Crippen LogP contribution in [0.15, 0.2) is 0 Å². The minimum Gasteiger partial charge on any atom is -0.336 e. The zero-order chi connectivity index (χ0) is 10.8. The molecular formula is C11H17N3O. The highest BCUT2D eigenvalue weighted by Crippen LogP contribution is 2.31. The van der Waals surface area contributed by atoms with Gasteiger partial charge in [0.15, 0.2) is 0 Å². The van der Waals surface area contributed by atoms with E-state index in [-0.39, 0.29) is 18.4 Å². The number of carbonyl (C=O) groups is 1. The van der Waals surface area contributed by atoms with E-state index < -0.39 is 0 Å². The van der Waals surface area contributed by atoms with Gasteiger partial charge in [0.05, 0.1) is 18.5 Å². The highest BCUT2D eigenvalue weighted by molar-refractivity contribution is 5.83. The molecule has 0 aromatic carbocycles. The van der Waals surface area contributed by atoms with E-state index in [1.54, 1.807) is 0 Å². The molecule has 1 heterocycles.